The van der Waals surface area contributed by atoms with E-state index in [1.165, 1.54) is 7.11 Å². The van der Waals surface area contributed by atoms with Gasteiger partial charge >= 0.3 is 5.97 Å². The molecule has 6 nitrogen and oxygen atoms in total. The van der Waals surface area contributed by atoms with E-state index in [0.717, 1.165) is 23.8 Å². The van der Waals surface area contributed by atoms with Crippen LogP contribution in [0.4, 0.5) is 0 Å². The highest BCUT2D eigenvalue weighted by molar-refractivity contribution is 5.82. The second-order valence-corrected chi connectivity index (χ2v) is 7.23. The first-order valence-electron chi connectivity index (χ1n) is 9.20. The van der Waals surface area contributed by atoms with Gasteiger partial charge in [-0.05, 0) is 17.9 Å². The smallest absolute Gasteiger partial charge is 0.310 e. The van der Waals surface area contributed by atoms with Gasteiger partial charge in [-0.2, -0.15) is 0 Å². The van der Waals surface area contributed by atoms with Crippen LogP contribution < -0.4 is 10.1 Å². The van der Waals surface area contributed by atoms with E-state index in [1.54, 1.807) is 7.05 Å². The molecular weight excluding hydrogens is 330 g/mol. The molecule has 1 fully saturated rings. The molecule has 2 atom stereocenters. The van der Waals surface area contributed by atoms with Gasteiger partial charge in [0.25, 0.3) is 0 Å². The normalized spacial score (nSPS) is 20.4. The Morgan fingerprint density at radius 2 is 2.08 bits per heavy atom. The van der Waals surface area contributed by atoms with Crippen LogP contribution >= 0.6 is 0 Å². The summed E-state index contributed by atoms with van der Waals surface area (Å²) in [6, 6.07) is 8.04. The van der Waals surface area contributed by atoms with Gasteiger partial charge in [-0.25, -0.2) is 0 Å². The van der Waals surface area contributed by atoms with Crippen molar-refractivity contribution in [2.75, 3.05) is 33.9 Å². The van der Waals surface area contributed by atoms with E-state index in [1.807, 2.05) is 18.2 Å². The quantitative estimate of drug-likeness (QED) is 0.479. The molecule has 0 amide bonds. The number of hydrogen-bond donors (Lipinski definition) is 1. The molecular formula is C20H31N3O3. The zero-order chi connectivity index (χ0) is 19.1. The van der Waals surface area contributed by atoms with Crippen molar-refractivity contribution in [2.24, 2.45) is 22.7 Å². The maximum Gasteiger partial charge on any atom is 0.310 e. The molecule has 0 aliphatic carbocycles. The first kappa shape index (κ1) is 20.1. The van der Waals surface area contributed by atoms with Crippen LogP contribution in [0.2, 0.25) is 0 Å². The van der Waals surface area contributed by atoms with Crippen molar-refractivity contribution < 1.29 is 14.3 Å². The van der Waals surface area contributed by atoms with Crippen molar-refractivity contribution in [1.29, 1.82) is 0 Å². The Bertz CT molecular complexity index is 630. The lowest BCUT2D eigenvalue weighted by molar-refractivity contribution is -0.145. The fourth-order valence-corrected chi connectivity index (χ4v) is 3.15. The van der Waals surface area contributed by atoms with Gasteiger partial charge in [0, 0.05) is 32.2 Å². The zero-order valence-corrected chi connectivity index (χ0v) is 16.5. The number of nitrogens with one attached hydrogen (secondary N) is 1. The predicted octanol–water partition coefficient (Wildman–Crippen LogP) is 2.54. The van der Waals surface area contributed by atoms with Gasteiger partial charge in [-0.3, -0.25) is 9.79 Å². The van der Waals surface area contributed by atoms with Crippen molar-refractivity contribution in [3.8, 4) is 5.75 Å². The van der Waals surface area contributed by atoms with E-state index in [-0.39, 0.29) is 17.8 Å². The number of methoxy groups -OCH3 is 1. The molecule has 1 aliphatic heterocycles. The summed E-state index contributed by atoms with van der Waals surface area (Å²) in [4.78, 5) is 18.4. The first-order valence-corrected chi connectivity index (χ1v) is 9.20. The summed E-state index contributed by atoms with van der Waals surface area (Å²) >= 11 is 0. The summed E-state index contributed by atoms with van der Waals surface area (Å²) in [5.74, 6) is 2.14. The molecule has 1 aromatic rings. The lowest BCUT2D eigenvalue weighted by Gasteiger charge is -2.22. The third kappa shape index (κ3) is 5.13. The van der Waals surface area contributed by atoms with E-state index in [2.05, 4.69) is 42.0 Å². The molecule has 0 radical (unpaired) electrons. The number of ether oxygens (including phenoxy) is 2. The van der Waals surface area contributed by atoms with E-state index in [0.29, 0.717) is 25.6 Å². The molecule has 2 unspecified atom stereocenters. The fraction of sp³-hybridized carbons (Fsp3) is 0.600. The van der Waals surface area contributed by atoms with Crippen LogP contribution in [0, 0.1) is 17.8 Å². The number of rotatable bonds is 6. The zero-order valence-electron chi connectivity index (χ0n) is 16.5. The van der Waals surface area contributed by atoms with Gasteiger partial charge in [-0.1, -0.05) is 39.0 Å². The lowest BCUT2D eigenvalue weighted by Crippen LogP contribution is -2.40. The summed E-state index contributed by atoms with van der Waals surface area (Å²) in [6.07, 6.45) is 0. The number of hydrogen-bond acceptors (Lipinski definition) is 4. The minimum Gasteiger partial charge on any atom is -0.493 e. The second-order valence-electron chi connectivity index (χ2n) is 7.23. The Morgan fingerprint density at radius 1 is 1.35 bits per heavy atom. The number of para-hydroxylation sites is 1. The maximum absolute atomic E-state index is 11.9. The van der Waals surface area contributed by atoms with Gasteiger partial charge in [-0.15, -0.1) is 0 Å². The molecule has 0 bridgehead atoms. The molecule has 0 aromatic heterocycles. The second kappa shape index (κ2) is 9.46. The number of nitrogens with zero attached hydrogens (tertiary/aromatic N) is 2. The van der Waals surface area contributed by atoms with E-state index >= 15 is 0 Å². The van der Waals surface area contributed by atoms with Crippen LogP contribution in [0.15, 0.2) is 29.3 Å². The van der Waals surface area contributed by atoms with Gasteiger partial charge in [0.15, 0.2) is 5.96 Å². The topological polar surface area (TPSA) is 63.2 Å². The van der Waals surface area contributed by atoms with Crippen molar-refractivity contribution in [3.63, 3.8) is 0 Å². The summed E-state index contributed by atoms with van der Waals surface area (Å²) in [5, 5.41) is 3.40. The van der Waals surface area contributed by atoms with Crippen LogP contribution in [0.3, 0.4) is 0 Å². The van der Waals surface area contributed by atoms with Gasteiger partial charge < -0.3 is 19.7 Å². The molecule has 1 aliphatic rings. The highest BCUT2D eigenvalue weighted by Gasteiger charge is 2.36. The Hall–Kier alpha value is -2.24. The number of benzene rings is 1. The Kier molecular flexibility index (Phi) is 7.30. The molecule has 1 N–H and O–H groups in total. The van der Waals surface area contributed by atoms with Crippen molar-refractivity contribution >= 4 is 11.9 Å². The van der Waals surface area contributed by atoms with E-state index in [9.17, 15) is 4.79 Å². The number of esters is 1. The Balaban J connectivity index is 1.99. The Labute approximate surface area is 156 Å². The van der Waals surface area contributed by atoms with E-state index in [4.69, 9.17) is 9.47 Å². The third-order valence-electron chi connectivity index (χ3n) is 4.61. The van der Waals surface area contributed by atoms with Crippen molar-refractivity contribution in [1.82, 2.24) is 10.2 Å². The molecule has 0 spiro atoms. The SMILES string of the molecule is CN=C(NCc1ccccc1OCC(C)C)N1CC(C)C(C(=O)OC)C1. The summed E-state index contributed by atoms with van der Waals surface area (Å²) in [5.41, 5.74) is 1.09. The molecule has 144 valence electrons. The minimum absolute atomic E-state index is 0.111. The van der Waals surface area contributed by atoms with Gasteiger partial charge in [0.05, 0.1) is 19.6 Å². The lowest BCUT2D eigenvalue weighted by atomic mass is 9.99. The predicted molar refractivity (Wildman–Crippen MR) is 103 cm³/mol. The number of carbonyl (C=O) groups is 1. The third-order valence-corrected chi connectivity index (χ3v) is 4.61. The van der Waals surface area contributed by atoms with Gasteiger partial charge in [0.2, 0.25) is 0 Å². The van der Waals surface area contributed by atoms with Crippen LogP contribution in [-0.4, -0.2) is 50.7 Å². The highest BCUT2D eigenvalue weighted by atomic mass is 16.5. The van der Waals surface area contributed by atoms with E-state index < -0.39 is 0 Å². The largest absolute Gasteiger partial charge is 0.493 e. The van der Waals surface area contributed by atoms with Crippen LogP contribution in [0.25, 0.3) is 0 Å². The molecule has 6 heteroatoms. The summed E-state index contributed by atoms with van der Waals surface area (Å²) in [6.45, 7) is 9.06. The fourth-order valence-electron chi connectivity index (χ4n) is 3.15. The summed E-state index contributed by atoms with van der Waals surface area (Å²) in [7, 11) is 3.21. The average molecular weight is 361 g/mol. The molecule has 2 rings (SSSR count). The monoisotopic (exact) mass is 361 g/mol. The number of carbonyl (C=O) groups excluding carboxylic acids is 1. The van der Waals surface area contributed by atoms with Crippen molar-refractivity contribution in [3.05, 3.63) is 29.8 Å². The van der Waals surface area contributed by atoms with Crippen LogP contribution in [0.1, 0.15) is 26.3 Å². The molecule has 26 heavy (non-hydrogen) atoms. The molecule has 1 saturated heterocycles. The van der Waals surface area contributed by atoms with Crippen LogP contribution in [-0.2, 0) is 16.1 Å². The maximum atomic E-state index is 11.9. The Morgan fingerprint density at radius 3 is 2.73 bits per heavy atom. The summed E-state index contributed by atoms with van der Waals surface area (Å²) < 4.78 is 10.8. The molecule has 0 saturated carbocycles. The number of likely N-dealkylation sites (tertiary alicyclic amines) is 1. The highest BCUT2D eigenvalue weighted by Crippen LogP contribution is 2.24. The first-order chi connectivity index (χ1) is 12.5. The minimum atomic E-state index is -0.150. The molecule has 1 aromatic carbocycles. The number of aliphatic imine (C=N–C) groups is 1. The standard InChI is InChI=1S/C20H31N3O3/c1-14(2)13-26-18-9-7-6-8-16(18)10-22-20(21-4)23-11-15(3)17(12-23)19(24)25-5/h6-9,14-15,17H,10-13H2,1-5H3,(H,21,22). The molecule has 1 heterocycles. The number of guanidine groups is 1. The van der Waals surface area contributed by atoms with Gasteiger partial charge in [0.1, 0.15) is 5.75 Å². The van der Waals surface area contributed by atoms with Crippen molar-refractivity contribution in [2.45, 2.75) is 27.3 Å². The van der Waals surface area contributed by atoms with Crippen LogP contribution in [0.5, 0.6) is 5.75 Å². The average Bonchev–Trinajstić information content (AvgIpc) is 3.02.